The highest BCUT2D eigenvalue weighted by molar-refractivity contribution is 7.87. The van der Waals surface area contributed by atoms with E-state index in [-0.39, 0.29) is 32.2 Å². The van der Waals surface area contributed by atoms with E-state index in [0.717, 1.165) is 9.87 Å². The van der Waals surface area contributed by atoms with Crippen molar-refractivity contribution in [2.45, 2.75) is 12.6 Å². The van der Waals surface area contributed by atoms with Gasteiger partial charge in [-0.15, -0.1) is 0 Å². The largest absolute Gasteiger partial charge is 0.394 e. The van der Waals surface area contributed by atoms with Crippen molar-refractivity contribution in [2.75, 3.05) is 39.8 Å². The summed E-state index contributed by atoms with van der Waals surface area (Å²) in [4.78, 5) is 26.8. The molecule has 0 saturated carbocycles. The molecule has 1 aliphatic heterocycles. The van der Waals surface area contributed by atoms with Gasteiger partial charge in [0.25, 0.3) is 10.2 Å². The van der Waals surface area contributed by atoms with E-state index in [0.29, 0.717) is 11.6 Å². The lowest BCUT2D eigenvalue weighted by atomic mass is 10.2. The number of aliphatic hydroxyl groups is 1. The molecule has 1 aliphatic rings. The Labute approximate surface area is 169 Å². The first kappa shape index (κ1) is 22.4. The third-order valence-electron chi connectivity index (χ3n) is 4.33. The van der Waals surface area contributed by atoms with Gasteiger partial charge in [-0.05, 0) is 17.7 Å². The van der Waals surface area contributed by atoms with E-state index in [1.165, 1.54) is 0 Å². The van der Waals surface area contributed by atoms with Gasteiger partial charge in [-0.25, -0.2) is 4.79 Å². The molecule has 1 atom stereocenters. The van der Waals surface area contributed by atoms with Crippen LogP contribution in [-0.4, -0.2) is 85.4 Å². The molecule has 1 aromatic carbocycles. The Balaban J connectivity index is 1.90. The molecular formula is C16H24ClN5O5S. The Morgan fingerprint density at radius 2 is 1.82 bits per heavy atom. The number of aliphatic hydroxyl groups excluding tert-OH is 1. The lowest BCUT2D eigenvalue weighted by Gasteiger charge is -2.36. The molecule has 0 radical (unpaired) electrons. The number of nitrogens with zero attached hydrogens (tertiary/aromatic N) is 3. The van der Waals surface area contributed by atoms with Crippen LogP contribution in [0.1, 0.15) is 5.56 Å². The van der Waals surface area contributed by atoms with Gasteiger partial charge >= 0.3 is 6.03 Å². The molecule has 0 aromatic heterocycles. The SMILES string of the molecule is CN(Cc1ccc(Cl)cc1)C(=O)N1CCN(S(=O)(=O)N[C@H](CO)C(N)=O)CC1. The lowest BCUT2D eigenvalue weighted by molar-refractivity contribution is -0.120. The van der Waals surface area contributed by atoms with Crippen LogP contribution in [0, 0.1) is 0 Å². The summed E-state index contributed by atoms with van der Waals surface area (Å²) in [7, 11) is -2.34. The van der Waals surface area contributed by atoms with E-state index in [1.807, 2.05) is 12.1 Å². The average Bonchev–Trinajstić information content (AvgIpc) is 2.67. The quantitative estimate of drug-likeness (QED) is 0.516. The smallest absolute Gasteiger partial charge is 0.320 e. The number of halogens is 1. The fourth-order valence-electron chi connectivity index (χ4n) is 2.73. The molecule has 1 aromatic rings. The maximum absolute atomic E-state index is 12.6. The highest BCUT2D eigenvalue weighted by Crippen LogP contribution is 2.13. The number of rotatable bonds is 7. The molecule has 12 heteroatoms. The van der Waals surface area contributed by atoms with Crippen molar-refractivity contribution in [3.63, 3.8) is 0 Å². The van der Waals surface area contributed by atoms with Crippen molar-refractivity contribution in [1.82, 2.24) is 18.8 Å². The van der Waals surface area contributed by atoms with Gasteiger partial charge < -0.3 is 20.6 Å². The average molecular weight is 434 g/mol. The van der Waals surface area contributed by atoms with E-state index >= 15 is 0 Å². The highest BCUT2D eigenvalue weighted by Gasteiger charge is 2.32. The first-order valence-electron chi connectivity index (χ1n) is 8.56. The molecule has 1 saturated heterocycles. The molecular weight excluding hydrogens is 410 g/mol. The molecule has 0 aliphatic carbocycles. The number of amides is 3. The Bertz CT molecular complexity index is 796. The van der Waals surface area contributed by atoms with E-state index < -0.39 is 28.8 Å². The van der Waals surface area contributed by atoms with Gasteiger partial charge in [0.1, 0.15) is 6.04 Å². The second kappa shape index (κ2) is 9.52. The summed E-state index contributed by atoms with van der Waals surface area (Å²) in [5.41, 5.74) is 5.96. The van der Waals surface area contributed by atoms with Gasteiger partial charge in [-0.1, -0.05) is 23.7 Å². The van der Waals surface area contributed by atoms with Gasteiger partial charge in [0.2, 0.25) is 5.91 Å². The number of carbonyl (C=O) groups is 2. The number of nitrogens with two attached hydrogens (primary N) is 1. The number of urea groups is 1. The monoisotopic (exact) mass is 433 g/mol. The number of nitrogens with one attached hydrogen (secondary N) is 1. The van der Waals surface area contributed by atoms with Gasteiger partial charge in [-0.3, -0.25) is 4.79 Å². The standard InChI is InChI=1S/C16H24ClN5O5S/c1-20(10-12-2-4-13(17)5-3-12)16(25)21-6-8-22(9-7-21)28(26,27)19-14(11-23)15(18)24/h2-5,14,19,23H,6-11H2,1H3,(H2,18,24)/t14-/m1/s1. The molecule has 10 nitrogen and oxygen atoms in total. The number of hydrogen-bond donors (Lipinski definition) is 3. The molecule has 28 heavy (non-hydrogen) atoms. The minimum absolute atomic E-state index is 0.0623. The second-order valence-electron chi connectivity index (χ2n) is 6.41. The van der Waals surface area contributed by atoms with Crippen molar-refractivity contribution in [3.05, 3.63) is 34.9 Å². The van der Waals surface area contributed by atoms with Crippen molar-refractivity contribution >= 4 is 33.7 Å². The first-order valence-corrected chi connectivity index (χ1v) is 10.4. The molecule has 0 unspecified atom stereocenters. The zero-order chi connectivity index (χ0) is 20.9. The van der Waals surface area contributed by atoms with Crippen LogP contribution in [0.25, 0.3) is 0 Å². The Morgan fingerprint density at radius 1 is 1.25 bits per heavy atom. The summed E-state index contributed by atoms with van der Waals surface area (Å²) in [6.07, 6.45) is 0. The Hall–Kier alpha value is -1.92. The fourth-order valence-corrected chi connectivity index (χ4v) is 4.20. The number of benzene rings is 1. The van der Waals surface area contributed by atoms with E-state index in [4.69, 9.17) is 22.4 Å². The van der Waals surface area contributed by atoms with Crippen molar-refractivity contribution in [1.29, 1.82) is 0 Å². The van der Waals surface area contributed by atoms with Crippen molar-refractivity contribution in [3.8, 4) is 0 Å². The van der Waals surface area contributed by atoms with Gasteiger partial charge in [0.15, 0.2) is 0 Å². The van der Waals surface area contributed by atoms with Crippen LogP contribution < -0.4 is 10.5 Å². The number of primary amides is 1. The summed E-state index contributed by atoms with van der Waals surface area (Å²) in [6.45, 7) is 0.186. The summed E-state index contributed by atoms with van der Waals surface area (Å²) in [5, 5.41) is 9.67. The zero-order valence-electron chi connectivity index (χ0n) is 15.4. The molecule has 1 fully saturated rings. The number of piperazine rings is 1. The third-order valence-corrected chi connectivity index (χ3v) is 6.21. The minimum Gasteiger partial charge on any atom is -0.394 e. The summed E-state index contributed by atoms with van der Waals surface area (Å²) in [5.74, 6) is -0.969. The zero-order valence-corrected chi connectivity index (χ0v) is 17.0. The maximum atomic E-state index is 12.6. The molecule has 4 N–H and O–H groups in total. The predicted molar refractivity (Wildman–Crippen MR) is 104 cm³/mol. The van der Waals surface area contributed by atoms with Crippen LogP contribution >= 0.6 is 11.6 Å². The summed E-state index contributed by atoms with van der Waals surface area (Å²) in [6, 6.07) is 5.55. The van der Waals surface area contributed by atoms with Crippen LogP contribution in [0.4, 0.5) is 4.79 Å². The second-order valence-corrected chi connectivity index (χ2v) is 8.55. The number of carbonyl (C=O) groups excluding carboxylic acids is 2. The van der Waals surface area contributed by atoms with Crippen molar-refractivity contribution < 1.29 is 23.1 Å². The normalized spacial score (nSPS) is 16.6. The lowest BCUT2D eigenvalue weighted by Crippen LogP contribution is -2.58. The Morgan fingerprint density at radius 3 is 2.32 bits per heavy atom. The minimum atomic E-state index is -4.00. The van der Waals surface area contributed by atoms with Crippen LogP contribution in [-0.2, 0) is 21.5 Å². The third kappa shape index (κ3) is 5.79. The van der Waals surface area contributed by atoms with E-state index in [2.05, 4.69) is 4.72 Å². The van der Waals surface area contributed by atoms with Crippen LogP contribution in [0.5, 0.6) is 0 Å². The number of hydrogen-bond acceptors (Lipinski definition) is 5. The molecule has 0 spiro atoms. The van der Waals surface area contributed by atoms with Gasteiger partial charge in [0, 0.05) is 44.8 Å². The highest BCUT2D eigenvalue weighted by atomic mass is 35.5. The molecule has 2 rings (SSSR count). The van der Waals surface area contributed by atoms with E-state index in [1.54, 1.807) is 29.0 Å². The molecule has 1 heterocycles. The molecule has 156 valence electrons. The van der Waals surface area contributed by atoms with E-state index in [9.17, 15) is 18.0 Å². The fraction of sp³-hybridized carbons (Fsp3) is 0.500. The Kier molecular flexibility index (Phi) is 7.61. The van der Waals surface area contributed by atoms with Crippen molar-refractivity contribution in [2.24, 2.45) is 5.73 Å². The first-order chi connectivity index (χ1) is 13.1. The topological polar surface area (TPSA) is 136 Å². The predicted octanol–water partition coefficient (Wildman–Crippen LogP) is -0.810. The summed E-state index contributed by atoms with van der Waals surface area (Å²) < 4.78 is 27.8. The van der Waals surface area contributed by atoms with Crippen LogP contribution in [0.15, 0.2) is 24.3 Å². The maximum Gasteiger partial charge on any atom is 0.320 e. The summed E-state index contributed by atoms with van der Waals surface area (Å²) >= 11 is 5.85. The van der Waals surface area contributed by atoms with Crippen LogP contribution in [0.2, 0.25) is 5.02 Å². The molecule has 0 bridgehead atoms. The van der Waals surface area contributed by atoms with Gasteiger partial charge in [-0.2, -0.15) is 17.4 Å². The van der Waals surface area contributed by atoms with Gasteiger partial charge in [0.05, 0.1) is 6.61 Å². The molecule has 3 amide bonds. The van der Waals surface area contributed by atoms with Crippen LogP contribution in [0.3, 0.4) is 0 Å².